The molecule has 3 aromatic heterocycles. The van der Waals surface area contributed by atoms with Gasteiger partial charge >= 0.3 is 0 Å². The number of nitrogen functional groups attached to an aromatic ring is 1. The van der Waals surface area contributed by atoms with Crippen molar-refractivity contribution in [3.63, 3.8) is 0 Å². The molecule has 3 aromatic rings. The Labute approximate surface area is 97.5 Å². The molecule has 3 rings (SSSR count). The van der Waals surface area contributed by atoms with Crippen molar-refractivity contribution in [1.82, 2.24) is 24.8 Å². The Morgan fingerprint density at radius 1 is 1.29 bits per heavy atom. The van der Waals surface area contributed by atoms with Crippen LogP contribution in [0.3, 0.4) is 0 Å². The Balaban J connectivity index is 2.42. The highest BCUT2D eigenvalue weighted by atomic mass is 15.3. The summed E-state index contributed by atoms with van der Waals surface area (Å²) in [5.74, 6) is 0. The third-order valence-electron chi connectivity index (χ3n) is 2.83. The quantitative estimate of drug-likeness (QED) is 0.657. The van der Waals surface area contributed by atoms with Gasteiger partial charge in [0.25, 0.3) is 0 Å². The molecule has 86 valence electrons. The lowest BCUT2D eigenvalue weighted by Gasteiger charge is -2.08. The summed E-state index contributed by atoms with van der Waals surface area (Å²) < 4.78 is 1.70. The van der Waals surface area contributed by atoms with E-state index in [1.807, 2.05) is 19.9 Å². The van der Waals surface area contributed by atoms with Crippen LogP contribution in [-0.4, -0.2) is 24.8 Å². The fourth-order valence-corrected chi connectivity index (χ4v) is 2.07. The van der Waals surface area contributed by atoms with Crippen LogP contribution in [0, 0.1) is 13.8 Å². The molecule has 0 fully saturated rings. The number of nitrogens with zero attached hydrogens (tertiary/aromatic N) is 4. The summed E-state index contributed by atoms with van der Waals surface area (Å²) in [7, 11) is 0. The number of rotatable bonds is 1. The van der Waals surface area contributed by atoms with Gasteiger partial charge in [0.2, 0.25) is 0 Å². The van der Waals surface area contributed by atoms with Crippen molar-refractivity contribution in [2.45, 2.75) is 13.8 Å². The molecule has 6 heteroatoms. The summed E-state index contributed by atoms with van der Waals surface area (Å²) in [4.78, 5) is 4.21. The van der Waals surface area contributed by atoms with E-state index in [0.717, 1.165) is 28.2 Å². The molecule has 0 atom stereocenters. The van der Waals surface area contributed by atoms with Gasteiger partial charge in [0.05, 0.1) is 28.3 Å². The molecule has 0 bridgehead atoms. The molecule has 0 aliphatic carbocycles. The summed E-state index contributed by atoms with van der Waals surface area (Å²) in [5.41, 5.74) is 11.1. The summed E-state index contributed by atoms with van der Waals surface area (Å²) in [6.45, 7) is 3.83. The number of aromatic amines is 1. The average molecular weight is 228 g/mol. The lowest BCUT2D eigenvalue weighted by atomic mass is 10.1. The van der Waals surface area contributed by atoms with Crippen LogP contribution in [0.4, 0.5) is 5.69 Å². The number of aromatic nitrogens is 5. The van der Waals surface area contributed by atoms with Crippen LogP contribution in [0.2, 0.25) is 0 Å². The Morgan fingerprint density at radius 3 is 2.82 bits per heavy atom. The van der Waals surface area contributed by atoms with E-state index in [-0.39, 0.29) is 0 Å². The maximum Gasteiger partial charge on any atom is 0.118 e. The van der Waals surface area contributed by atoms with E-state index in [1.165, 1.54) is 0 Å². The zero-order valence-corrected chi connectivity index (χ0v) is 9.60. The van der Waals surface area contributed by atoms with Crippen LogP contribution in [0.15, 0.2) is 18.6 Å². The molecule has 17 heavy (non-hydrogen) atoms. The highest BCUT2D eigenvalue weighted by Gasteiger charge is 2.15. The lowest BCUT2D eigenvalue weighted by molar-refractivity contribution is 0.896. The molecule has 0 saturated heterocycles. The van der Waals surface area contributed by atoms with E-state index in [4.69, 9.17) is 5.73 Å². The van der Waals surface area contributed by atoms with Gasteiger partial charge in [0.1, 0.15) is 11.8 Å². The maximum atomic E-state index is 6.20. The highest BCUT2D eigenvalue weighted by Crippen LogP contribution is 2.30. The fraction of sp³-hybridized carbons (Fsp3) is 0.182. The number of hydrogen-bond donors (Lipinski definition) is 2. The van der Waals surface area contributed by atoms with Crippen molar-refractivity contribution in [2.24, 2.45) is 0 Å². The first kappa shape index (κ1) is 9.83. The van der Waals surface area contributed by atoms with Crippen LogP contribution in [0.25, 0.3) is 16.8 Å². The van der Waals surface area contributed by atoms with E-state index >= 15 is 0 Å². The van der Waals surface area contributed by atoms with Gasteiger partial charge in [-0.3, -0.25) is 5.10 Å². The first-order chi connectivity index (χ1) is 8.18. The number of aryl methyl sites for hydroxylation is 2. The molecule has 0 saturated carbocycles. The normalized spacial score (nSPS) is 11.2. The third kappa shape index (κ3) is 1.30. The average Bonchev–Trinajstić information content (AvgIpc) is 2.89. The third-order valence-corrected chi connectivity index (χ3v) is 2.83. The molecule has 0 aliphatic rings. The van der Waals surface area contributed by atoms with E-state index in [1.54, 1.807) is 17.0 Å². The van der Waals surface area contributed by atoms with E-state index in [2.05, 4.69) is 20.3 Å². The fourth-order valence-electron chi connectivity index (χ4n) is 2.07. The van der Waals surface area contributed by atoms with E-state index in [9.17, 15) is 0 Å². The van der Waals surface area contributed by atoms with Crippen molar-refractivity contribution in [3.05, 3.63) is 30.0 Å². The van der Waals surface area contributed by atoms with E-state index < -0.39 is 0 Å². The number of nitrogens with one attached hydrogen (secondary N) is 1. The number of anilines is 1. The second kappa shape index (κ2) is 3.31. The van der Waals surface area contributed by atoms with Gasteiger partial charge in [0, 0.05) is 6.20 Å². The van der Waals surface area contributed by atoms with Crippen molar-refractivity contribution < 1.29 is 0 Å². The molecule has 0 unspecified atom stereocenters. The Kier molecular flexibility index (Phi) is 1.91. The number of H-pyrrole nitrogens is 1. The Bertz CT molecular complexity index is 680. The lowest BCUT2D eigenvalue weighted by Crippen LogP contribution is -2.03. The first-order valence-electron chi connectivity index (χ1n) is 5.28. The molecular weight excluding hydrogens is 216 g/mol. The number of hydrogen-bond acceptors (Lipinski definition) is 4. The predicted octanol–water partition coefficient (Wildman–Crippen LogP) is 1.32. The minimum Gasteiger partial charge on any atom is -0.396 e. The maximum absolute atomic E-state index is 6.20. The van der Waals surface area contributed by atoms with E-state index in [0.29, 0.717) is 5.69 Å². The molecule has 0 aliphatic heterocycles. The molecule has 0 spiro atoms. The van der Waals surface area contributed by atoms with Crippen molar-refractivity contribution >= 4 is 11.2 Å². The Hall–Kier alpha value is -2.37. The van der Waals surface area contributed by atoms with Gasteiger partial charge in [0.15, 0.2) is 0 Å². The number of nitrogens with two attached hydrogens (primary N) is 1. The standard InChI is InChI=1S/C11H12N6/c1-6-9(8-3-4-14-15-8)10(12)11-7(2)13-5-17(11)16-6/h3-5H,12H2,1-2H3,(H,14,15). The molecule has 3 N–H and O–H groups in total. The van der Waals surface area contributed by atoms with Gasteiger partial charge in [-0.1, -0.05) is 0 Å². The zero-order chi connectivity index (χ0) is 12.0. The largest absolute Gasteiger partial charge is 0.396 e. The summed E-state index contributed by atoms with van der Waals surface area (Å²) >= 11 is 0. The second-order valence-corrected chi connectivity index (χ2v) is 3.96. The first-order valence-corrected chi connectivity index (χ1v) is 5.28. The van der Waals surface area contributed by atoms with Crippen LogP contribution in [0.5, 0.6) is 0 Å². The highest BCUT2D eigenvalue weighted by molar-refractivity contribution is 5.87. The molecular formula is C11H12N6. The minimum atomic E-state index is 0.666. The molecule has 0 amide bonds. The van der Waals surface area contributed by atoms with Gasteiger partial charge in [-0.05, 0) is 19.9 Å². The van der Waals surface area contributed by atoms with Crippen LogP contribution in [-0.2, 0) is 0 Å². The number of fused-ring (bicyclic) bond motifs is 1. The predicted molar refractivity (Wildman–Crippen MR) is 64.5 cm³/mol. The van der Waals surface area contributed by atoms with Gasteiger partial charge in [-0.25, -0.2) is 9.50 Å². The van der Waals surface area contributed by atoms with Gasteiger partial charge in [-0.15, -0.1) is 0 Å². The van der Waals surface area contributed by atoms with Crippen molar-refractivity contribution in [1.29, 1.82) is 0 Å². The number of imidazole rings is 1. The molecule has 0 aromatic carbocycles. The zero-order valence-electron chi connectivity index (χ0n) is 9.60. The summed E-state index contributed by atoms with van der Waals surface area (Å²) in [6.07, 6.45) is 3.43. The smallest absolute Gasteiger partial charge is 0.118 e. The topological polar surface area (TPSA) is 84.9 Å². The molecule has 6 nitrogen and oxygen atoms in total. The van der Waals surface area contributed by atoms with Crippen LogP contribution in [0.1, 0.15) is 11.4 Å². The Morgan fingerprint density at radius 2 is 2.12 bits per heavy atom. The van der Waals surface area contributed by atoms with Crippen LogP contribution < -0.4 is 5.73 Å². The monoisotopic (exact) mass is 228 g/mol. The van der Waals surface area contributed by atoms with Gasteiger partial charge < -0.3 is 5.73 Å². The molecule has 3 heterocycles. The molecule has 0 radical (unpaired) electrons. The van der Waals surface area contributed by atoms with Crippen molar-refractivity contribution in [3.8, 4) is 11.3 Å². The summed E-state index contributed by atoms with van der Waals surface area (Å²) in [5, 5.41) is 11.4. The van der Waals surface area contributed by atoms with Crippen LogP contribution >= 0.6 is 0 Å². The SMILES string of the molecule is Cc1nn2cnc(C)c2c(N)c1-c1cc[nH]n1. The summed E-state index contributed by atoms with van der Waals surface area (Å²) in [6, 6.07) is 1.88. The van der Waals surface area contributed by atoms with Gasteiger partial charge in [-0.2, -0.15) is 10.2 Å². The van der Waals surface area contributed by atoms with Crippen molar-refractivity contribution in [2.75, 3.05) is 5.73 Å². The second-order valence-electron chi connectivity index (χ2n) is 3.96. The minimum absolute atomic E-state index is 0.666.